The molecule has 8 heteroatoms. The second kappa shape index (κ2) is 10.3. The van der Waals surface area contributed by atoms with Crippen LogP contribution in [0.3, 0.4) is 0 Å². The minimum Gasteiger partial charge on any atom is -0.461 e. The highest BCUT2D eigenvalue weighted by Gasteiger charge is 2.32. The highest BCUT2D eigenvalue weighted by atomic mass is 19.1. The number of aromatic nitrogens is 1. The second-order valence-corrected chi connectivity index (χ2v) is 7.25. The van der Waals surface area contributed by atoms with E-state index in [1.54, 1.807) is 39.3 Å². The number of rotatable bonds is 9. The molecule has 0 aliphatic rings. The monoisotopic (exact) mass is 432 g/mol. The molecule has 0 aliphatic heterocycles. The lowest BCUT2D eigenvalue weighted by atomic mass is 9.99. The normalized spacial score (nSPS) is 11.8. The summed E-state index contributed by atoms with van der Waals surface area (Å²) in [6, 6.07) is 4.33. The number of Topliss-reactive ketones (excluding diaryl/α,β-unsaturated/α-hetero) is 1. The summed E-state index contributed by atoms with van der Waals surface area (Å²) in [5.41, 5.74) is 2.08. The van der Waals surface area contributed by atoms with E-state index in [0.29, 0.717) is 22.5 Å². The second-order valence-electron chi connectivity index (χ2n) is 7.25. The number of methoxy groups -OCH3 is 1. The zero-order valence-corrected chi connectivity index (χ0v) is 18.8. The van der Waals surface area contributed by atoms with Crippen LogP contribution in [0.15, 0.2) is 24.3 Å². The van der Waals surface area contributed by atoms with Crippen molar-refractivity contribution >= 4 is 17.7 Å². The van der Waals surface area contributed by atoms with E-state index in [2.05, 4.69) is 0 Å². The minimum atomic E-state index is -0.831. The molecule has 0 radical (unpaired) electrons. The lowest BCUT2D eigenvalue weighted by Gasteiger charge is -2.28. The number of ether oxygens (including phenoxy) is 2. The topological polar surface area (TPSA) is 77.8 Å². The first-order valence-corrected chi connectivity index (χ1v) is 10.1. The Bertz CT molecular complexity index is 965. The Morgan fingerprint density at radius 1 is 1.16 bits per heavy atom. The molecular weight excluding hydrogens is 403 g/mol. The maximum absolute atomic E-state index is 13.5. The van der Waals surface area contributed by atoms with Crippen LogP contribution in [0.1, 0.15) is 56.3 Å². The smallest absolute Gasteiger partial charge is 0.355 e. The molecular formula is C23H29FN2O5. The number of hydrogen-bond acceptors (Lipinski definition) is 5. The number of carbonyl (C=O) groups is 3. The van der Waals surface area contributed by atoms with Crippen LogP contribution < -0.4 is 0 Å². The van der Waals surface area contributed by atoms with Crippen molar-refractivity contribution in [3.8, 4) is 0 Å². The van der Waals surface area contributed by atoms with Crippen LogP contribution >= 0.6 is 0 Å². The first-order chi connectivity index (χ1) is 14.6. The Morgan fingerprint density at radius 3 is 2.32 bits per heavy atom. The van der Waals surface area contributed by atoms with Crippen LogP contribution in [0, 0.1) is 19.7 Å². The van der Waals surface area contributed by atoms with Crippen LogP contribution in [0.5, 0.6) is 0 Å². The molecule has 0 spiro atoms. The maximum Gasteiger partial charge on any atom is 0.355 e. The van der Waals surface area contributed by atoms with Crippen molar-refractivity contribution in [3.63, 3.8) is 0 Å². The number of halogens is 1. The molecule has 2 rings (SSSR count). The zero-order chi connectivity index (χ0) is 23.3. The number of nitrogens with zero attached hydrogens (tertiary/aromatic N) is 2. The highest BCUT2D eigenvalue weighted by Crippen LogP contribution is 2.25. The van der Waals surface area contributed by atoms with Gasteiger partial charge in [0.2, 0.25) is 0 Å². The Labute approximate surface area is 181 Å². The molecule has 1 heterocycles. The SMILES string of the molecule is CCOC(=O)c1c(C)c(C(=O)C(C)N(CCOC)C(=O)c2ccc(F)cc2)c(C)n1C. The number of esters is 1. The van der Waals surface area contributed by atoms with Gasteiger partial charge in [-0.1, -0.05) is 0 Å². The van der Waals surface area contributed by atoms with Crippen LogP contribution in [-0.2, 0) is 16.5 Å². The number of ketones is 1. The van der Waals surface area contributed by atoms with Crippen LogP contribution in [0.2, 0.25) is 0 Å². The predicted molar refractivity (Wildman–Crippen MR) is 114 cm³/mol. The van der Waals surface area contributed by atoms with E-state index in [0.717, 1.165) is 0 Å². The lowest BCUT2D eigenvalue weighted by Crippen LogP contribution is -2.45. The van der Waals surface area contributed by atoms with Gasteiger partial charge in [0.1, 0.15) is 11.5 Å². The van der Waals surface area contributed by atoms with E-state index in [-0.39, 0.29) is 31.1 Å². The quantitative estimate of drug-likeness (QED) is 0.449. The Hall–Kier alpha value is -3.00. The van der Waals surface area contributed by atoms with Crippen molar-refractivity contribution < 1.29 is 28.2 Å². The van der Waals surface area contributed by atoms with Crippen LogP contribution in [-0.4, -0.2) is 60.0 Å². The van der Waals surface area contributed by atoms with Crippen molar-refractivity contribution in [2.45, 2.75) is 33.7 Å². The molecule has 1 aromatic heterocycles. The third kappa shape index (κ3) is 5.02. The largest absolute Gasteiger partial charge is 0.461 e. The molecule has 2 aromatic rings. The van der Waals surface area contributed by atoms with Gasteiger partial charge in [-0.3, -0.25) is 9.59 Å². The first-order valence-electron chi connectivity index (χ1n) is 10.1. The molecule has 1 atom stereocenters. The number of carbonyl (C=O) groups excluding carboxylic acids is 3. The summed E-state index contributed by atoms with van der Waals surface area (Å²) in [6.45, 7) is 7.42. The molecule has 0 bridgehead atoms. The molecule has 0 saturated heterocycles. The Kier molecular flexibility index (Phi) is 8.10. The molecule has 7 nitrogen and oxygen atoms in total. The third-order valence-corrected chi connectivity index (χ3v) is 5.38. The molecule has 0 aliphatic carbocycles. The van der Waals surface area contributed by atoms with Gasteiger partial charge >= 0.3 is 5.97 Å². The van der Waals surface area contributed by atoms with Crippen LogP contribution in [0.4, 0.5) is 4.39 Å². The van der Waals surface area contributed by atoms with E-state index in [4.69, 9.17) is 9.47 Å². The lowest BCUT2D eigenvalue weighted by molar-refractivity contribution is 0.0513. The third-order valence-electron chi connectivity index (χ3n) is 5.38. The predicted octanol–water partition coefficient (Wildman–Crippen LogP) is 3.32. The van der Waals surface area contributed by atoms with E-state index in [1.165, 1.54) is 36.3 Å². The molecule has 31 heavy (non-hydrogen) atoms. The maximum atomic E-state index is 13.5. The zero-order valence-electron chi connectivity index (χ0n) is 18.8. The van der Waals surface area contributed by atoms with Gasteiger partial charge in [0.05, 0.1) is 19.3 Å². The Morgan fingerprint density at radius 2 is 1.77 bits per heavy atom. The van der Waals surface area contributed by atoms with Gasteiger partial charge in [-0.05, 0) is 57.5 Å². The van der Waals surface area contributed by atoms with E-state index < -0.39 is 23.7 Å². The summed E-state index contributed by atoms with van der Waals surface area (Å²) in [7, 11) is 3.20. The van der Waals surface area contributed by atoms with E-state index in [9.17, 15) is 18.8 Å². The minimum absolute atomic E-state index is 0.176. The molecule has 168 valence electrons. The van der Waals surface area contributed by atoms with Crippen molar-refractivity contribution in [3.05, 3.63) is 58.2 Å². The summed E-state index contributed by atoms with van der Waals surface area (Å²) in [5.74, 6) is -1.66. The molecule has 1 aromatic carbocycles. The van der Waals surface area contributed by atoms with Crippen LogP contribution in [0.25, 0.3) is 0 Å². The number of benzene rings is 1. The van der Waals surface area contributed by atoms with Crippen molar-refractivity contribution in [1.82, 2.24) is 9.47 Å². The van der Waals surface area contributed by atoms with Crippen molar-refractivity contribution in [2.24, 2.45) is 7.05 Å². The molecule has 1 unspecified atom stereocenters. The average Bonchev–Trinajstić information content (AvgIpc) is 2.96. The first kappa shape index (κ1) is 24.3. The number of hydrogen-bond donors (Lipinski definition) is 0. The van der Waals surface area contributed by atoms with Gasteiger partial charge in [-0.2, -0.15) is 0 Å². The summed E-state index contributed by atoms with van der Waals surface area (Å²) in [5, 5.41) is 0. The fourth-order valence-corrected chi connectivity index (χ4v) is 3.60. The van der Waals surface area contributed by atoms with Gasteiger partial charge in [-0.25, -0.2) is 9.18 Å². The highest BCUT2D eigenvalue weighted by molar-refractivity contribution is 6.07. The standard InChI is InChI=1S/C23H29FN2O5/c1-7-31-23(29)20-14(2)19(15(3)25(20)5)21(27)16(4)26(12-13-30-6)22(28)17-8-10-18(24)11-9-17/h8-11,16H,7,12-13H2,1-6H3. The van der Waals surface area contributed by atoms with Crippen molar-refractivity contribution in [2.75, 3.05) is 26.9 Å². The molecule has 0 saturated carbocycles. The van der Waals surface area contributed by atoms with E-state index in [1.807, 2.05) is 0 Å². The van der Waals surface area contributed by atoms with Gasteiger partial charge < -0.3 is 18.9 Å². The fourth-order valence-electron chi connectivity index (χ4n) is 3.60. The summed E-state index contributed by atoms with van der Waals surface area (Å²) >= 11 is 0. The van der Waals surface area contributed by atoms with Crippen molar-refractivity contribution in [1.29, 1.82) is 0 Å². The molecule has 0 fully saturated rings. The molecule has 1 amide bonds. The average molecular weight is 432 g/mol. The summed E-state index contributed by atoms with van der Waals surface area (Å²) in [6.07, 6.45) is 0. The number of amides is 1. The van der Waals surface area contributed by atoms with E-state index >= 15 is 0 Å². The fraction of sp³-hybridized carbons (Fsp3) is 0.435. The molecule has 0 N–H and O–H groups in total. The Balaban J connectivity index is 2.43. The van der Waals surface area contributed by atoms with Gasteiger partial charge in [0.15, 0.2) is 5.78 Å². The van der Waals surface area contributed by atoms with Gasteiger partial charge in [0, 0.05) is 37.5 Å². The summed E-state index contributed by atoms with van der Waals surface area (Å²) in [4.78, 5) is 40.3. The van der Waals surface area contributed by atoms with Gasteiger partial charge in [-0.15, -0.1) is 0 Å². The van der Waals surface area contributed by atoms with Gasteiger partial charge in [0.25, 0.3) is 5.91 Å². The summed E-state index contributed by atoms with van der Waals surface area (Å²) < 4.78 is 25.1.